The Hall–Kier alpha value is -3.48. The molecule has 0 aromatic heterocycles. The minimum atomic E-state index is -0.386. The largest absolute Gasteiger partial charge is 0.493 e. The Kier molecular flexibility index (Phi) is 7.90. The Balaban J connectivity index is 1.89. The summed E-state index contributed by atoms with van der Waals surface area (Å²) in [6.45, 7) is 1.84. The van der Waals surface area contributed by atoms with Gasteiger partial charge in [-0.2, -0.15) is 0 Å². The summed E-state index contributed by atoms with van der Waals surface area (Å²) in [5, 5.41) is 2.58. The summed E-state index contributed by atoms with van der Waals surface area (Å²) in [5.41, 5.74) is 7.63. The summed E-state index contributed by atoms with van der Waals surface area (Å²) < 4.78 is 10.3. The van der Waals surface area contributed by atoms with E-state index in [0.717, 1.165) is 17.7 Å². The van der Waals surface area contributed by atoms with Crippen LogP contribution < -0.4 is 25.6 Å². The Morgan fingerprint density at radius 2 is 1.64 bits per heavy atom. The van der Waals surface area contributed by atoms with Crippen LogP contribution in [0.2, 0.25) is 0 Å². The highest BCUT2D eigenvalue weighted by atomic mass is 16.5. The van der Waals surface area contributed by atoms with Gasteiger partial charge in [-0.25, -0.2) is 0 Å². The summed E-state index contributed by atoms with van der Waals surface area (Å²) >= 11 is 0. The summed E-state index contributed by atoms with van der Waals surface area (Å²) in [6.07, 6.45) is 2.78. The number of hydrazine groups is 1. The minimum Gasteiger partial charge on any atom is -0.493 e. The molecule has 0 atom stereocenters. The average Bonchev–Trinajstić information content (AvgIpc) is 2.74. The molecule has 2 amide bonds. The molecule has 7 heteroatoms. The summed E-state index contributed by atoms with van der Waals surface area (Å²) in [6, 6.07) is 14.5. The lowest BCUT2D eigenvalue weighted by Crippen LogP contribution is -2.43. The van der Waals surface area contributed by atoms with Gasteiger partial charge in [0.1, 0.15) is 0 Å². The maximum Gasteiger partial charge on any atom is 0.257 e. The lowest BCUT2D eigenvalue weighted by atomic mass is 10.1. The first-order valence-electron chi connectivity index (χ1n) is 8.89. The quantitative estimate of drug-likeness (QED) is 0.579. The van der Waals surface area contributed by atoms with Crippen molar-refractivity contribution in [2.45, 2.75) is 13.3 Å². The van der Waals surface area contributed by atoms with Crippen molar-refractivity contribution in [3.63, 3.8) is 0 Å². The van der Waals surface area contributed by atoms with Crippen LogP contribution in [0.5, 0.6) is 11.5 Å². The van der Waals surface area contributed by atoms with Gasteiger partial charge in [-0.1, -0.05) is 43.3 Å². The van der Waals surface area contributed by atoms with Crippen LogP contribution in [0.25, 0.3) is 5.70 Å². The van der Waals surface area contributed by atoms with Crippen LogP contribution in [0.3, 0.4) is 0 Å². The van der Waals surface area contributed by atoms with E-state index in [4.69, 9.17) is 9.47 Å². The van der Waals surface area contributed by atoms with Gasteiger partial charge in [0, 0.05) is 5.56 Å². The summed E-state index contributed by atoms with van der Waals surface area (Å²) in [7, 11) is 3.01. The highest BCUT2D eigenvalue weighted by Crippen LogP contribution is 2.27. The minimum absolute atomic E-state index is 0.172. The molecule has 3 N–H and O–H groups in total. The third-order valence-corrected chi connectivity index (χ3v) is 3.88. The molecule has 148 valence electrons. The molecule has 0 fully saturated rings. The van der Waals surface area contributed by atoms with Crippen LogP contribution in [0.4, 0.5) is 0 Å². The van der Waals surface area contributed by atoms with E-state index in [1.165, 1.54) is 14.2 Å². The molecule has 0 bridgehead atoms. The first-order chi connectivity index (χ1) is 13.6. The molecule has 0 radical (unpaired) electrons. The number of methoxy groups -OCH3 is 2. The van der Waals surface area contributed by atoms with Gasteiger partial charge < -0.3 is 14.8 Å². The van der Waals surface area contributed by atoms with E-state index in [-0.39, 0.29) is 18.4 Å². The number of allylic oxidation sites excluding steroid dienone is 1. The lowest BCUT2D eigenvalue weighted by Gasteiger charge is -2.13. The predicted octanol–water partition coefficient (Wildman–Crippen LogP) is 2.51. The molecule has 0 aliphatic carbocycles. The zero-order valence-corrected chi connectivity index (χ0v) is 16.2. The first-order valence-corrected chi connectivity index (χ1v) is 8.89. The van der Waals surface area contributed by atoms with E-state index in [2.05, 4.69) is 16.2 Å². The van der Waals surface area contributed by atoms with Gasteiger partial charge in [-0.3, -0.25) is 20.4 Å². The van der Waals surface area contributed by atoms with Crippen molar-refractivity contribution >= 4 is 17.5 Å². The fourth-order valence-electron chi connectivity index (χ4n) is 2.48. The Morgan fingerprint density at radius 3 is 2.29 bits per heavy atom. The molecule has 0 unspecified atom stereocenters. The van der Waals surface area contributed by atoms with Crippen LogP contribution in [0.1, 0.15) is 29.3 Å². The molecular weight excluding hydrogens is 358 g/mol. The molecule has 28 heavy (non-hydrogen) atoms. The van der Waals surface area contributed by atoms with E-state index in [0.29, 0.717) is 17.1 Å². The normalized spacial score (nSPS) is 10.8. The highest BCUT2D eigenvalue weighted by Gasteiger charge is 2.12. The van der Waals surface area contributed by atoms with Gasteiger partial charge in [0.15, 0.2) is 11.5 Å². The zero-order valence-electron chi connectivity index (χ0n) is 16.2. The first kappa shape index (κ1) is 20.8. The number of hydrogen-bond acceptors (Lipinski definition) is 5. The maximum atomic E-state index is 12.3. The molecule has 7 nitrogen and oxygen atoms in total. The monoisotopic (exact) mass is 383 g/mol. The fourth-order valence-corrected chi connectivity index (χ4v) is 2.48. The topological polar surface area (TPSA) is 88.7 Å². The SMILES string of the molecule is CCC=C(NNC(=O)CNC(=O)c1ccc(OC)c(OC)c1)c1ccccc1. The third-order valence-electron chi connectivity index (χ3n) is 3.88. The van der Waals surface area contributed by atoms with Crippen molar-refractivity contribution in [3.05, 3.63) is 65.7 Å². The Morgan fingerprint density at radius 1 is 0.929 bits per heavy atom. The van der Waals surface area contributed by atoms with Crippen LogP contribution in [0, 0.1) is 0 Å². The average molecular weight is 383 g/mol. The number of carbonyl (C=O) groups is 2. The van der Waals surface area contributed by atoms with E-state index in [1.807, 2.05) is 43.3 Å². The van der Waals surface area contributed by atoms with Crippen LogP contribution >= 0.6 is 0 Å². The molecule has 0 saturated heterocycles. The van der Waals surface area contributed by atoms with Gasteiger partial charge in [-0.15, -0.1) is 0 Å². The zero-order chi connectivity index (χ0) is 20.4. The third kappa shape index (κ3) is 5.77. The van der Waals surface area contributed by atoms with E-state index >= 15 is 0 Å². The van der Waals surface area contributed by atoms with Gasteiger partial charge >= 0.3 is 0 Å². The number of ether oxygens (including phenoxy) is 2. The van der Waals surface area contributed by atoms with Gasteiger partial charge in [-0.05, 0) is 30.2 Å². The van der Waals surface area contributed by atoms with Crippen molar-refractivity contribution in [1.82, 2.24) is 16.2 Å². The van der Waals surface area contributed by atoms with E-state index in [9.17, 15) is 9.59 Å². The standard InChI is InChI=1S/C21H25N3O4/c1-4-8-17(15-9-6-5-7-10-15)23-24-20(25)14-22-21(26)16-11-12-18(27-2)19(13-16)28-3/h5-13,23H,4,14H2,1-3H3,(H,22,26)(H,24,25). The molecule has 0 aliphatic rings. The van der Waals surface area contributed by atoms with Crippen molar-refractivity contribution in [1.29, 1.82) is 0 Å². The van der Waals surface area contributed by atoms with E-state index < -0.39 is 0 Å². The molecule has 2 rings (SSSR count). The van der Waals surface area contributed by atoms with Gasteiger partial charge in [0.25, 0.3) is 11.8 Å². The Labute approximate surface area is 164 Å². The number of carbonyl (C=O) groups excluding carboxylic acids is 2. The smallest absolute Gasteiger partial charge is 0.257 e. The number of nitrogens with one attached hydrogen (secondary N) is 3. The van der Waals surface area contributed by atoms with Crippen LogP contribution in [-0.4, -0.2) is 32.6 Å². The van der Waals surface area contributed by atoms with Crippen molar-refractivity contribution < 1.29 is 19.1 Å². The molecule has 2 aromatic rings. The van der Waals surface area contributed by atoms with Gasteiger partial charge in [0.05, 0.1) is 26.5 Å². The summed E-state index contributed by atoms with van der Waals surface area (Å²) in [5.74, 6) is 0.214. The van der Waals surface area contributed by atoms with E-state index in [1.54, 1.807) is 18.2 Å². The number of rotatable bonds is 9. The van der Waals surface area contributed by atoms with Crippen molar-refractivity contribution in [3.8, 4) is 11.5 Å². The predicted molar refractivity (Wildman–Crippen MR) is 108 cm³/mol. The van der Waals surface area contributed by atoms with Crippen molar-refractivity contribution in [2.24, 2.45) is 0 Å². The number of hydrogen-bond donors (Lipinski definition) is 3. The second-order valence-electron chi connectivity index (χ2n) is 5.82. The highest BCUT2D eigenvalue weighted by molar-refractivity contribution is 5.97. The maximum absolute atomic E-state index is 12.3. The number of amides is 2. The molecule has 0 aliphatic heterocycles. The lowest BCUT2D eigenvalue weighted by molar-refractivity contribution is -0.120. The van der Waals surface area contributed by atoms with Gasteiger partial charge in [0.2, 0.25) is 0 Å². The van der Waals surface area contributed by atoms with Crippen LogP contribution in [0.15, 0.2) is 54.6 Å². The van der Waals surface area contributed by atoms with Crippen LogP contribution in [-0.2, 0) is 4.79 Å². The molecule has 0 saturated carbocycles. The molecular formula is C21H25N3O4. The second kappa shape index (κ2) is 10.6. The van der Waals surface area contributed by atoms with Crippen molar-refractivity contribution in [2.75, 3.05) is 20.8 Å². The summed E-state index contributed by atoms with van der Waals surface area (Å²) in [4.78, 5) is 24.3. The molecule has 0 spiro atoms. The second-order valence-corrected chi connectivity index (χ2v) is 5.82. The fraction of sp³-hybridized carbons (Fsp3) is 0.238. The molecule has 0 heterocycles. The number of benzene rings is 2. The molecule has 2 aromatic carbocycles. The Bertz CT molecular complexity index is 835.